The summed E-state index contributed by atoms with van der Waals surface area (Å²) in [6, 6.07) is 5.26. The molecule has 0 nitrogen and oxygen atoms in total. The van der Waals surface area contributed by atoms with Crippen LogP contribution in [0, 0.1) is 0 Å². The topological polar surface area (TPSA) is 0 Å². The van der Waals surface area contributed by atoms with Gasteiger partial charge in [0, 0.05) is 5.75 Å². The third kappa shape index (κ3) is 5.11. The Morgan fingerprint density at radius 1 is 1.07 bits per heavy atom. The molecule has 15 heavy (non-hydrogen) atoms. The van der Waals surface area contributed by atoms with E-state index in [0.717, 1.165) is 23.4 Å². The smallest absolute Gasteiger partial charge is 0.166 e. The van der Waals surface area contributed by atoms with Crippen molar-refractivity contribution in [1.82, 2.24) is 0 Å². The third-order valence-electron chi connectivity index (χ3n) is 1.59. The summed E-state index contributed by atoms with van der Waals surface area (Å²) in [5.41, 5.74) is 0.331. The van der Waals surface area contributed by atoms with Gasteiger partial charge in [0.1, 0.15) is 0 Å². The molecule has 0 bridgehead atoms. The molecule has 0 heterocycles. The highest BCUT2D eigenvalue weighted by Crippen LogP contribution is 2.29. The number of rotatable bonds is 2. The van der Waals surface area contributed by atoms with Gasteiger partial charge in [-0.05, 0) is 24.0 Å². The molecule has 0 saturated carbocycles. The first kappa shape index (κ1) is 14.4. The van der Waals surface area contributed by atoms with Gasteiger partial charge in [-0.1, -0.05) is 26.0 Å². The Hall–Kier alpha value is -0.640. The van der Waals surface area contributed by atoms with Crippen molar-refractivity contribution in [3.8, 4) is 0 Å². The molecule has 0 N–H and O–H groups in total. The molecule has 0 spiro atoms. The molecule has 0 amide bonds. The molecule has 0 aromatic heterocycles. The molecule has 0 aliphatic rings. The highest BCUT2D eigenvalue weighted by Gasteiger charge is 2.29. The lowest BCUT2D eigenvalue weighted by atomic mass is 10.1. The zero-order valence-corrected chi connectivity index (χ0v) is 9.88. The minimum absolute atomic E-state index is 0.586. The zero-order valence-electron chi connectivity index (χ0n) is 9.06. The van der Waals surface area contributed by atoms with Crippen LogP contribution in [-0.2, 0) is 11.9 Å². The third-order valence-corrected chi connectivity index (χ3v) is 2.21. The molecular weight excluding hydrogens is 221 g/mol. The van der Waals surface area contributed by atoms with Crippen LogP contribution in [0.2, 0.25) is 0 Å². The Bertz CT molecular complexity index is 264. The van der Waals surface area contributed by atoms with E-state index in [-0.39, 0.29) is 0 Å². The largest absolute Gasteiger partial charge is 0.416 e. The van der Waals surface area contributed by atoms with Gasteiger partial charge in [0.2, 0.25) is 0 Å². The van der Waals surface area contributed by atoms with Crippen molar-refractivity contribution in [3.05, 3.63) is 35.4 Å². The average molecular weight is 236 g/mol. The van der Waals surface area contributed by atoms with E-state index in [4.69, 9.17) is 0 Å². The van der Waals surface area contributed by atoms with E-state index < -0.39 is 11.7 Å². The van der Waals surface area contributed by atoms with Crippen molar-refractivity contribution in [1.29, 1.82) is 0 Å². The van der Waals surface area contributed by atoms with Crippen LogP contribution >= 0.6 is 11.8 Å². The highest BCUT2D eigenvalue weighted by molar-refractivity contribution is 7.97. The van der Waals surface area contributed by atoms with E-state index in [0.29, 0.717) is 0 Å². The predicted octanol–water partition coefficient (Wildman–Crippen LogP) is 4.59. The summed E-state index contributed by atoms with van der Waals surface area (Å²) in [6.45, 7) is 4.00. The van der Waals surface area contributed by atoms with Crippen LogP contribution in [0.5, 0.6) is 0 Å². The SMILES string of the molecule is CC.CSCc1ccc(C(F)(F)F)cc1. The quantitative estimate of drug-likeness (QED) is 0.723. The first-order valence-corrected chi connectivity index (χ1v) is 6.08. The molecule has 0 fully saturated rings. The summed E-state index contributed by atoms with van der Waals surface area (Å²) in [6.07, 6.45) is -2.31. The molecule has 86 valence electrons. The van der Waals surface area contributed by atoms with Crippen molar-refractivity contribution in [2.45, 2.75) is 25.8 Å². The summed E-state index contributed by atoms with van der Waals surface area (Å²) in [5.74, 6) is 0.748. The van der Waals surface area contributed by atoms with Gasteiger partial charge in [0.05, 0.1) is 5.56 Å². The summed E-state index contributed by atoms with van der Waals surface area (Å²) in [4.78, 5) is 0. The lowest BCUT2D eigenvalue weighted by Gasteiger charge is -2.06. The van der Waals surface area contributed by atoms with Gasteiger partial charge in [-0.15, -0.1) is 0 Å². The van der Waals surface area contributed by atoms with Crippen molar-refractivity contribution in [2.75, 3.05) is 6.26 Å². The maximum atomic E-state index is 12.1. The molecule has 0 saturated heterocycles. The Morgan fingerprint density at radius 3 is 1.87 bits per heavy atom. The second-order valence-electron chi connectivity index (χ2n) is 2.63. The Labute approximate surface area is 92.9 Å². The number of thioether (sulfide) groups is 1. The van der Waals surface area contributed by atoms with Crippen molar-refractivity contribution in [3.63, 3.8) is 0 Å². The number of benzene rings is 1. The number of halogens is 3. The molecule has 0 unspecified atom stereocenters. The van der Waals surface area contributed by atoms with Gasteiger partial charge >= 0.3 is 6.18 Å². The van der Waals surface area contributed by atoms with E-state index in [2.05, 4.69) is 0 Å². The zero-order chi connectivity index (χ0) is 11.9. The standard InChI is InChI=1S/C9H9F3S.C2H6/c1-13-6-7-2-4-8(5-3-7)9(10,11)12;1-2/h2-5H,6H2,1H3;1-2H3. The first-order valence-electron chi connectivity index (χ1n) is 4.69. The van der Waals surface area contributed by atoms with Gasteiger partial charge in [0.15, 0.2) is 0 Å². The monoisotopic (exact) mass is 236 g/mol. The van der Waals surface area contributed by atoms with E-state index in [1.165, 1.54) is 12.1 Å². The molecule has 0 aliphatic carbocycles. The molecule has 4 heteroatoms. The van der Waals surface area contributed by atoms with Crippen LogP contribution in [0.3, 0.4) is 0 Å². The molecule has 1 rings (SSSR count). The fraction of sp³-hybridized carbons (Fsp3) is 0.455. The van der Waals surface area contributed by atoms with Crippen LogP contribution in [0.1, 0.15) is 25.0 Å². The van der Waals surface area contributed by atoms with Crippen LogP contribution in [-0.4, -0.2) is 6.26 Å². The van der Waals surface area contributed by atoms with E-state index in [1.807, 2.05) is 20.1 Å². The van der Waals surface area contributed by atoms with E-state index in [9.17, 15) is 13.2 Å². The number of alkyl halides is 3. The molecule has 0 aliphatic heterocycles. The fourth-order valence-corrected chi connectivity index (χ4v) is 1.48. The Balaban J connectivity index is 0.000000921. The normalized spacial score (nSPS) is 10.5. The summed E-state index contributed by atoms with van der Waals surface area (Å²) in [5, 5.41) is 0. The minimum atomic E-state index is -4.22. The molecule has 1 aromatic rings. The van der Waals surface area contributed by atoms with Gasteiger partial charge in [-0.2, -0.15) is 24.9 Å². The summed E-state index contributed by atoms with van der Waals surface area (Å²) >= 11 is 1.59. The van der Waals surface area contributed by atoms with Crippen LogP contribution in [0.25, 0.3) is 0 Å². The molecule has 0 atom stereocenters. The lowest BCUT2D eigenvalue weighted by Crippen LogP contribution is -2.04. The van der Waals surface area contributed by atoms with Crippen molar-refractivity contribution in [2.24, 2.45) is 0 Å². The summed E-state index contributed by atoms with van der Waals surface area (Å²) < 4.78 is 36.3. The van der Waals surface area contributed by atoms with E-state index >= 15 is 0 Å². The van der Waals surface area contributed by atoms with Gasteiger partial charge in [-0.25, -0.2) is 0 Å². The van der Waals surface area contributed by atoms with Crippen LogP contribution in [0.4, 0.5) is 13.2 Å². The molecular formula is C11H15F3S. The van der Waals surface area contributed by atoms with E-state index in [1.54, 1.807) is 11.8 Å². The van der Waals surface area contributed by atoms with Crippen LogP contribution in [0.15, 0.2) is 24.3 Å². The fourth-order valence-electron chi connectivity index (χ4n) is 0.957. The lowest BCUT2D eigenvalue weighted by molar-refractivity contribution is -0.137. The minimum Gasteiger partial charge on any atom is -0.166 e. The van der Waals surface area contributed by atoms with Gasteiger partial charge < -0.3 is 0 Å². The first-order chi connectivity index (χ1) is 7.04. The maximum Gasteiger partial charge on any atom is 0.416 e. The van der Waals surface area contributed by atoms with Gasteiger partial charge in [-0.3, -0.25) is 0 Å². The highest BCUT2D eigenvalue weighted by atomic mass is 32.2. The number of hydrogen-bond donors (Lipinski definition) is 0. The van der Waals surface area contributed by atoms with Gasteiger partial charge in [0.25, 0.3) is 0 Å². The average Bonchev–Trinajstić information content (AvgIpc) is 2.21. The second-order valence-corrected chi connectivity index (χ2v) is 3.49. The van der Waals surface area contributed by atoms with Crippen molar-refractivity contribution >= 4 is 11.8 Å². The predicted molar refractivity (Wildman–Crippen MR) is 60.0 cm³/mol. The second kappa shape index (κ2) is 6.77. The molecule has 0 radical (unpaired) electrons. The Kier molecular flexibility index (Phi) is 6.48. The summed E-state index contributed by atoms with van der Waals surface area (Å²) in [7, 11) is 0. The van der Waals surface area contributed by atoms with Crippen molar-refractivity contribution < 1.29 is 13.2 Å². The van der Waals surface area contributed by atoms with Crippen LogP contribution < -0.4 is 0 Å². The Morgan fingerprint density at radius 2 is 1.53 bits per heavy atom. The molecule has 1 aromatic carbocycles. The number of hydrogen-bond acceptors (Lipinski definition) is 1. The maximum absolute atomic E-state index is 12.1.